The molecule has 0 fully saturated rings. The van der Waals surface area contributed by atoms with Gasteiger partial charge in [-0.25, -0.2) is 0 Å². The lowest BCUT2D eigenvalue weighted by atomic mass is 10.4. The van der Waals surface area contributed by atoms with Crippen LogP contribution in [-0.2, 0) is 0 Å². The van der Waals surface area contributed by atoms with E-state index >= 15 is 0 Å². The first-order valence-electron chi connectivity index (χ1n) is 4.93. The zero-order valence-electron chi connectivity index (χ0n) is 9.18. The van der Waals surface area contributed by atoms with E-state index in [1.807, 2.05) is 12.1 Å². The lowest BCUT2D eigenvalue weighted by Gasteiger charge is -1.81. The summed E-state index contributed by atoms with van der Waals surface area (Å²) < 4.78 is 0. The van der Waals surface area contributed by atoms with Gasteiger partial charge in [0.15, 0.2) is 0 Å². The zero-order chi connectivity index (χ0) is 11.4. The minimum absolute atomic E-state index is 1.14. The highest BCUT2D eigenvalue weighted by molar-refractivity contribution is 7.13. The van der Waals surface area contributed by atoms with Gasteiger partial charge in [-0.1, -0.05) is 0 Å². The Bertz CT molecular complexity index is 472. The predicted molar refractivity (Wildman–Crippen MR) is 73.3 cm³/mol. The molecule has 0 amide bonds. The summed E-state index contributed by atoms with van der Waals surface area (Å²) in [6.45, 7) is 4.17. The third-order valence-electron chi connectivity index (χ3n) is 1.96. The maximum atomic E-state index is 4.02. The summed E-state index contributed by atoms with van der Waals surface area (Å²) in [4.78, 5) is 4.85. The summed E-state index contributed by atoms with van der Waals surface area (Å²) in [5.41, 5.74) is 0. The first-order valence-corrected chi connectivity index (χ1v) is 6.56. The van der Waals surface area contributed by atoms with Crippen molar-refractivity contribution in [3.05, 3.63) is 43.8 Å². The van der Waals surface area contributed by atoms with E-state index in [9.17, 15) is 0 Å². The van der Waals surface area contributed by atoms with Crippen molar-refractivity contribution in [2.75, 3.05) is 0 Å². The molecule has 0 bridgehead atoms. The van der Waals surface area contributed by atoms with Crippen LogP contribution in [0.2, 0.25) is 0 Å². The van der Waals surface area contributed by atoms with Crippen molar-refractivity contribution in [1.29, 1.82) is 0 Å². The van der Waals surface area contributed by atoms with E-state index in [1.165, 1.54) is 9.75 Å². The fourth-order valence-corrected chi connectivity index (χ4v) is 2.71. The third kappa shape index (κ3) is 3.12. The number of hydrogen-bond acceptors (Lipinski definition) is 4. The molecule has 0 aromatic carbocycles. The van der Waals surface area contributed by atoms with Crippen LogP contribution in [0, 0.1) is 13.8 Å². The van der Waals surface area contributed by atoms with E-state index in [4.69, 9.17) is 0 Å². The second-order valence-corrected chi connectivity index (χ2v) is 6.02. The van der Waals surface area contributed by atoms with Gasteiger partial charge in [0, 0.05) is 19.5 Å². The molecule has 2 nitrogen and oxygen atoms in total. The van der Waals surface area contributed by atoms with Crippen molar-refractivity contribution in [2.24, 2.45) is 10.2 Å². The molecular formula is C12H12N2S2. The molecular weight excluding hydrogens is 236 g/mol. The minimum atomic E-state index is 1.14. The highest BCUT2D eigenvalue weighted by atomic mass is 32.1. The van der Waals surface area contributed by atoms with Crippen molar-refractivity contribution in [3.8, 4) is 0 Å². The van der Waals surface area contributed by atoms with Gasteiger partial charge in [-0.15, -0.1) is 22.7 Å². The van der Waals surface area contributed by atoms with Crippen molar-refractivity contribution >= 4 is 35.1 Å². The second kappa shape index (κ2) is 5.18. The van der Waals surface area contributed by atoms with Crippen molar-refractivity contribution in [1.82, 2.24) is 0 Å². The van der Waals surface area contributed by atoms with Gasteiger partial charge >= 0.3 is 0 Å². The Balaban J connectivity index is 1.96. The lowest BCUT2D eigenvalue weighted by molar-refractivity contribution is 1.27. The van der Waals surface area contributed by atoms with Crippen LogP contribution in [0.25, 0.3) is 0 Å². The topological polar surface area (TPSA) is 24.7 Å². The van der Waals surface area contributed by atoms with Crippen LogP contribution in [0.5, 0.6) is 0 Å². The van der Waals surface area contributed by atoms with Gasteiger partial charge in [-0.2, -0.15) is 10.2 Å². The number of aryl methyl sites for hydroxylation is 2. The summed E-state index contributed by atoms with van der Waals surface area (Å²) in [5, 5.41) is 8.04. The molecule has 0 saturated heterocycles. The van der Waals surface area contributed by atoms with Gasteiger partial charge in [0.05, 0.1) is 12.4 Å². The molecule has 0 N–H and O–H groups in total. The maximum absolute atomic E-state index is 4.02. The van der Waals surface area contributed by atoms with Crippen LogP contribution >= 0.6 is 22.7 Å². The zero-order valence-corrected chi connectivity index (χ0v) is 10.8. The van der Waals surface area contributed by atoms with E-state index in [0.717, 1.165) is 9.75 Å². The Kier molecular flexibility index (Phi) is 3.64. The minimum Gasteiger partial charge on any atom is -0.158 e. The fourth-order valence-electron chi connectivity index (χ4n) is 1.23. The molecule has 2 rings (SSSR count). The van der Waals surface area contributed by atoms with Crippen LogP contribution in [-0.4, -0.2) is 12.4 Å². The Morgan fingerprint density at radius 1 is 0.812 bits per heavy atom. The molecule has 16 heavy (non-hydrogen) atoms. The Morgan fingerprint density at radius 3 is 1.56 bits per heavy atom. The average molecular weight is 248 g/mol. The normalized spacial score (nSPS) is 11.9. The van der Waals surface area contributed by atoms with E-state index in [-0.39, 0.29) is 0 Å². The van der Waals surface area contributed by atoms with Gasteiger partial charge in [0.1, 0.15) is 0 Å². The first-order chi connectivity index (χ1) is 7.74. The monoisotopic (exact) mass is 248 g/mol. The average Bonchev–Trinajstić information content (AvgIpc) is 2.83. The van der Waals surface area contributed by atoms with Crippen LogP contribution in [0.4, 0.5) is 0 Å². The van der Waals surface area contributed by atoms with E-state index in [0.29, 0.717) is 0 Å². The molecule has 0 atom stereocenters. The molecule has 0 saturated carbocycles. The summed E-state index contributed by atoms with van der Waals surface area (Å²) >= 11 is 3.44. The molecule has 4 heteroatoms. The smallest absolute Gasteiger partial charge is 0.0667 e. The molecule has 0 aliphatic rings. The van der Waals surface area contributed by atoms with Crippen LogP contribution in [0.1, 0.15) is 19.5 Å². The Labute approximate surface area is 103 Å². The highest BCUT2D eigenvalue weighted by Gasteiger charge is 1.92. The third-order valence-corrected chi connectivity index (χ3v) is 3.83. The Hall–Kier alpha value is -1.26. The second-order valence-electron chi connectivity index (χ2n) is 3.39. The van der Waals surface area contributed by atoms with E-state index < -0.39 is 0 Å². The van der Waals surface area contributed by atoms with E-state index in [2.05, 4.69) is 36.2 Å². The van der Waals surface area contributed by atoms with Gasteiger partial charge in [0.2, 0.25) is 0 Å². The van der Waals surface area contributed by atoms with Gasteiger partial charge < -0.3 is 0 Å². The highest BCUT2D eigenvalue weighted by Crippen LogP contribution is 2.13. The molecule has 82 valence electrons. The van der Waals surface area contributed by atoms with Crippen LogP contribution < -0.4 is 0 Å². The fraction of sp³-hybridized carbons (Fsp3) is 0.167. The molecule has 0 aliphatic heterocycles. The van der Waals surface area contributed by atoms with Gasteiger partial charge in [-0.3, -0.25) is 0 Å². The molecule has 2 heterocycles. The van der Waals surface area contributed by atoms with Gasteiger partial charge in [-0.05, 0) is 38.1 Å². The SMILES string of the molecule is Cc1ccc(/C=N/N=C/c2ccc(C)s2)s1. The first kappa shape index (κ1) is 11.2. The summed E-state index contributed by atoms with van der Waals surface area (Å²) in [6, 6.07) is 8.26. The lowest BCUT2D eigenvalue weighted by Crippen LogP contribution is -1.72. The number of thiophene rings is 2. The van der Waals surface area contributed by atoms with E-state index in [1.54, 1.807) is 35.1 Å². The number of nitrogens with zero attached hydrogens (tertiary/aromatic N) is 2. The quantitative estimate of drug-likeness (QED) is 0.582. The van der Waals surface area contributed by atoms with Crippen molar-refractivity contribution < 1.29 is 0 Å². The summed E-state index contributed by atoms with van der Waals surface area (Å²) in [5.74, 6) is 0. The van der Waals surface area contributed by atoms with Crippen molar-refractivity contribution in [2.45, 2.75) is 13.8 Å². The van der Waals surface area contributed by atoms with Gasteiger partial charge in [0.25, 0.3) is 0 Å². The predicted octanol–water partition coefficient (Wildman–Crippen LogP) is 3.88. The Morgan fingerprint density at radius 2 is 1.25 bits per heavy atom. The molecule has 0 spiro atoms. The van der Waals surface area contributed by atoms with Crippen LogP contribution in [0.15, 0.2) is 34.5 Å². The van der Waals surface area contributed by atoms with Crippen LogP contribution in [0.3, 0.4) is 0 Å². The van der Waals surface area contributed by atoms with Crippen molar-refractivity contribution in [3.63, 3.8) is 0 Å². The molecule has 0 radical (unpaired) electrons. The number of hydrogen-bond donors (Lipinski definition) is 0. The summed E-state index contributed by atoms with van der Waals surface area (Å²) in [6.07, 6.45) is 3.57. The molecule has 2 aromatic heterocycles. The molecule has 0 aliphatic carbocycles. The standard InChI is InChI=1S/C12H12N2S2/c1-9-3-5-11(15-9)7-13-14-8-12-6-4-10(2)16-12/h3-8H,1-2H3/b13-7+,14-8+. The molecule has 0 unspecified atom stereocenters. The summed E-state index contributed by atoms with van der Waals surface area (Å²) in [7, 11) is 0. The largest absolute Gasteiger partial charge is 0.158 e. The molecule has 2 aromatic rings. The number of rotatable bonds is 3. The maximum Gasteiger partial charge on any atom is 0.0667 e.